The number of hydrogen-bond acceptors (Lipinski definition) is 10. The summed E-state index contributed by atoms with van der Waals surface area (Å²) in [6.07, 6.45) is 3.30. The van der Waals surface area contributed by atoms with Crippen LogP contribution >= 0.6 is 0 Å². The summed E-state index contributed by atoms with van der Waals surface area (Å²) in [7, 11) is 0. The number of anilines is 1. The minimum Gasteiger partial charge on any atom is -0.387 e. The number of ether oxygens (including phenoxy) is 1. The first-order valence-corrected chi connectivity index (χ1v) is 16.3. The Morgan fingerprint density at radius 2 is 1.61 bits per heavy atom. The molecule has 0 saturated carbocycles. The van der Waals surface area contributed by atoms with Crippen molar-refractivity contribution in [1.82, 2.24) is 39.2 Å². The second-order valence-electron chi connectivity index (χ2n) is 12.1. The van der Waals surface area contributed by atoms with Crippen LogP contribution in [0, 0.1) is 0 Å². The number of likely N-dealkylation sites (tertiary alicyclic amines) is 1. The Kier molecular flexibility index (Phi) is 9.02. The van der Waals surface area contributed by atoms with Gasteiger partial charge in [0, 0.05) is 32.0 Å². The van der Waals surface area contributed by atoms with Crippen molar-refractivity contribution in [3.05, 3.63) is 96.1 Å². The third-order valence-electron chi connectivity index (χ3n) is 9.09. The topological polar surface area (TPSA) is 139 Å². The van der Waals surface area contributed by atoms with Crippen molar-refractivity contribution in [3.63, 3.8) is 0 Å². The SMILES string of the molecule is CCn1cnc([C@H]2O[C@@H](n3cnc4c(NCC(c5ccccc5)c5ccccc5)nc(CCN5CCCCC5)nc43)[C@H](O)[C@@H]2O)n1. The molecule has 12 nitrogen and oxygen atoms in total. The minimum atomic E-state index is -1.24. The molecule has 12 heteroatoms. The van der Waals surface area contributed by atoms with Crippen LogP contribution in [0.4, 0.5) is 5.82 Å². The number of aromatic nitrogens is 7. The standard InChI is InChI=1S/C34H41N9O3/c1-2-42-21-37-32(40-42)30-28(44)29(45)34(46-30)43-22-36-27-31(38-26(39-33(27)43)16-19-41-17-10-5-11-18-41)35-20-25(23-12-6-3-7-13-23)24-14-8-4-9-15-24/h3-4,6-9,12-15,21-22,25,28-30,34,44-45H,2,5,10-11,16-20H2,1H3,(H,35,38,39)/t28-,29+,30-,34+/m0/s1. The number of hydrogen-bond donors (Lipinski definition) is 3. The maximum atomic E-state index is 11.2. The molecule has 2 aromatic carbocycles. The summed E-state index contributed by atoms with van der Waals surface area (Å²) in [6.45, 7) is 6.22. The Balaban J connectivity index is 1.21. The summed E-state index contributed by atoms with van der Waals surface area (Å²) in [5.74, 6) is 1.72. The number of aliphatic hydroxyl groups excluding tert-OH is 2. The molecule has 5 heterocycles. The molecule has 0 spiro atoms. The van der Waals surface area contributed by atoms with Gasteiger partial charge in [0.2, 0.25) is 0 Å². The monoisotopic (exact) mass is 623 g/mol. The van der Waals surface area contributed by atoms with Gasteiger partial charge in [0.05, 0.1) is 6.33 Å². The molecule has 46 heavy (non-hydrogen) atoms. The first kappa shape index (κ1) is 30.4. The number of piperidine rings is 1. The van der Waals surface area contributed by atoms with E-state index in [2.05, 4.69) is 68.8 Å². The smallest absolute Gasteiger partial charge is 0.182 e. The molecule has 240 valence electrons. The van der Waals surface area contributed by atoms with E-state index in [9.17, 15) is 10.2 Å². The van der Waals surface area contributed by atoms with Gasteiger partial charge in [-0.1, -0.05) is 67.1 Å². The molecule has 2 aliphatic heterocycles. The lowest BCUT2D eigenvalue weighted by Gasteiger charge is -2.26. The van der Waals surface area contributed by atoms with Gasteiger partial charge in [-0.05, 0) is 44.0 Å². The van der Waals surface area contributed by atoms with Crippen molar-refractivity contribution >= 4 is 17.0 Å². The fourth-order valence-electron chi connectivity index (χ4n) is 6.52. The highest BCUT2D eigenvalue weighted by Crippen LogP contribution is 2.39. The average molecular weight is 624 g/mol. The lowest BCUT2D eigenvalue weighted by Crippen LogP contribution is -2.32. The van der Waals surface area contributed by atoms with Gasteiger partial charge in [-0.25, -0.2) is 19.9 Å². The Hall–Kier alpha value is -4.23. The van der Waals surface area contributed by atoms with E-state index in [1.165, 1.54) is 30.4 Å². The highest BCUT2D eigenvalue weighted by Gasteiger charge is 2.47. The molecule has 0 radical (unpaired) electrons. The molecule has 0 unspecified atom stereocenters. The first-order valence-electron chi connectivity index (χ1n) is 16.3. The van der Waals surface area contributed by atoms with Crippen LogP contribution in [0.15, 0.2) is 73.3 Å². The molecule has 2 fully saturated rings. The first-order chi connectivity index (χ1) is 22.6. The quantitative estimate of drug-likeness (QED) is 0.200. The Morgan fingerprint density at radius 1 is 0.891 bits per heavy atom. The summed E-state index contributed by atoms with van der Waals surface area (Å²) < 4.78 is 9.59. The molecule has 3 N–H and O–H groups in total. The van der Waals surface area contributed by atoms with Crippen LogP contribution in [0.1, 0.15) is 67.2 Å². The lowest BCUT2D eigenvalue weighted by atomic mass is 9.91. The summed E-state index contributed by atoms with van der Waals surface area (Å²) in [5.41, 5.74) is 3.50. The van der Waals surface area contributed by atoms with Crippen molar-refractivity contribution in [3.8, 4) is 0 Å². The van der Waals surface area contributed by atoms with Crippen LogP contribution < -0.4 is 5.32 Å². The number of aryl methyl sites for hydroxylation is 1. The maximum absolute atomic E-state index is 11.2. The zero-order chi connectivity index (χ0) is 31.5. The van der Waals surface area contributed by atoms with Crippen molar-refractivity contribution in [2.75, 3.05) is 31.5 Å². The molecular formula is C34H41N9O3. The van der Waals surface area contributed by atoms with E-state index in [1.807, 2.05) is 19.1 Å². The van der Waals surface area contributed by atoms with Gasteiger partial charge >= 0.3 is 0 Å². The van der Waals surface area contributed by atoms with E-state index in [-0.39, 0.29) is 5.92 Å². The fourth-order valence-corrected chi connectivity index (χ4v) is 6.52. The Morgan fingerprint density at radius 3 is 2.28 bits per heavy atom. The number of nitrogens with zero attached hydrogens (tertiary/aromatic N) is 8. The van der Waals surface area contributed by atoms with Gasteiger partial charge in [0.1, 0.15) is 24.4 Å². The number of nitrogens with one attached hydrogen (secondary N) is 1. The predicted molar refractivity (Wildman–Crippen MR) is 173 cm³/mol. The van der Waals surface area contributed by atoms with E-state index in [0.717, 1.165) is 19.6 Å². The molecule has 0 bridgehead atoms. The maximum Gasteiger partial charge on any atom is 0.182 e. The zero-order valence-corrected chi connectivity index (χ0v) is 26.1. The number of rotatable bonds is 11. The van der Waals surface area contributed by atoms with E-state index < -0.39 is 24.5 Å². The molecule has 5 aromatic rings. The normalized spacial score (nSPS) is 22.2. The zero-order valence-electron chi connectivity index (χ0n) is 26.1. The fraction of sp³-hybridized carbons (Fsp3) is 0.441. The van der Waals surface area contributed by atoms with E-state index in [0.29, 0.717) is 48.1 Å². The van der Waals surface area contributed by atoms with Crippen molar-refractivity contribution in [2.45, 2.75) is 69.6 Å². The molecule has 2 saturated heterocycles. The van der Waals surface area contributed by atoms with E-state index >= 15 is 0 Å². The average Bonchev–Trinajstić information content (AvgIpc) is 3.83. The molecule has 2 aliphatic rings. The highest BCUT2D eigenvalue weighted by molar-refractivity contribution is 5.83. The second kappa shape index (κ2) is 13.6. The van der Waals surface area contributed by atoms with Gasteiger partial charge in [0.15, 0.2) is 35.1 Å². The summed E-state index contributed by atoms with van der Waals surface area (Å²) in [5, 5.41) is 30.2. The van der Waals surface area contributed by atoms with Crippen LogP contribution in [-0.2, 0) is 17.7 Å². The largest absolute Gasteiger partial charge is 0.387 e. The van der Waals surface area contributed by atoms with Crippen LogP contribution in [0.5, 0.6) is 0 Å². The van der Waals surface area contributed by atoms with Crippen molar-refractivity contribution in [2.24, 2.45) is 0 Å². The molecule has 7 rings (SSSR count). The van der Waals surface area contributed by atoms with E-state index in [1.54, 1.807) is 21.9 Å². The lowest BCUT2D eigenvalue weighted by molar-refractivity contribution is -0.0384. The third kappa shape index (κ3) is 6.25. The number of benzene rings is 2. The van der Waals surface area contributed by atoms with Gasteiger partial charge in [-0.15, -0.1) is 0 Å². The predicted octanol–water partition coefficient (Wildman–Crippen LogP) is 3.70. The van der Waals surface area contributed by atoms with Crippen LogP contribution in [0.3, 0.4) is 0 Å². The van der Waals surface area contributed by atoms with Crippen LogP contribution in [-0.4, -0.2) is 87.8 Å². The molecule has 0 amide bonds. The van der Waals surface area contributed by atoms with Crippen LogP contribution in [0.2, 0.25) is 0 Å². The molecular weight excluding hydrogens is 582 g/mol. The van der Waals surface area contributed by atoms with Crippen molar-refractivity contribution < 1.29 is 14.9 Å². The van der Waals surface area contributed by atoms with E-state index in [4.69, 9.17) is 19.7 Å². The Bertz CT molecular complexity index is 1680. The Labute approximate surface area is 268 Å². The number of imidazole rings is 1. The molecule has 3 aromatic heterocycles. The number of fused-ring (bicyclic) bond motifs is 1. The summed E-state index contributed by atoms with van der Waals surface area (Å²) >= 11 is 0. The van der Waals surface area contributed by atoms with Gasteiger partial charge in [-0.3, -0.25) is 9.25 Å². The number of aliphatic hydroxyl groups is 2. The van der Waals surface area contributed by atoms with Gasteiger partial charge in [0.25, 0.3) is 0 Å². The summed E-state index contributed by atoms with van der Waals surface area (Å²) in [6, 6.07) is 20.9. The van der Waals surface area contributed by atoms with Crippen molar-refractivity contribution in [1.29, 1.82) is 0 Å². The van der Waals surface area contributed by atoms with Gasteiger partial charge in [-0.2, -0.15) is 5.10 Å². The van der Waals surface area contributed by atoms with Gasteiger partial charge < -0.3 is 25.2 Å². The minimum absolute atomic E-state index is 0.0811. The second-order valence-corrected chi connectivity index (χ2v) is 12.1. The molecule has 0 aliphatic carbocycles. The van der Waals surface area contributed by atoms with Crippen LogP contribution in [0.25, 0.3) is 11.2 Å². The molecule has 4 atom stereocenters. The summed E-state index contributed by atoms with van der Waals surface area (Å²) in [4.78, 5) is 21.4. The highest BCUT2D eigenvalue weighted by atomic mass is 16.6. The third-order valence-corrected chi connectivity index (χ3v) is 9.09.